The normalized spacial score (nSPS) is 12.7. The molecule has 0 amide bonds. The molecule has 2 aromatic carbocycles. The van der Waals surface area contributed by atoms with Gasteiger partial charge in [0.1, 0.15) is 5.75 Å². The zero-order chi connectivity index (χ0) is 18.5. The Bertz CT molecular complexity index is 850. The van der Waals surface area contributed by atoms with E-state index in [0.717, 1.165) is 0 Å². The summed E-state index contributed by atoms with van der Waals surface area (Å²) in [6.45, 7) is 1.91. The number of benzene rings is 2. The van der Waals surface area contributed by atoms with Gasteiger partial charge >= 0.3 is 6.18 Å². The summed E-state index contributed by atoms with van der Waals surface area (Å²) in [5, 5.41) is 2.02. The van der Waals surface area contributed by atoms with Gasteiger partial charge in [0.15, 0.2) is 0 Å². The van der Waals surface area contributed by atoms with Crippen molar-refractivity contribution in [1.82, 2.24) is 0 Å². The van der Waals surface area contributed by atoms with Gasteiger partial charge in [0.2, 0.25) is 5.84 Å². The third kappa shape index (κ3) is 4.96. The number of hydrogen-bond donors (Lipinski definition) is 1. The van der Waals surface area contributed by atoms with Crippen molar-refractivity contribution in [1.29, 1.82) is 0 Å². The molecule has 0 bridgehead atoms. The molecule has 9 heteroatoms. The zero-order valence-electron chi connectivity index (χ0n) is 13.1. The van der Waals surface area contributed by atoms with E-state index in [0.29, 0.717) is 0 Å². The summed E-state index contributed by atoms with van der Waals surface area (Å²) in [5.74, 6) is -1.50. The van der Waals surface area contributed by atoms with Gasteiger partial charge in [0.25, 0.3) is 10.0 Å². The van der Waals surface area contributed by atoms with Crippen LogP contribution in [0.3, 0.4) is 0 Å². The average Bonchev–Trinajstić information content (AvgIpc) is 2.56. The van der Waals surface area contributed by atoms with Crippen LogP contribution in [0.15, 0.2) is 63.9 Å². The molecule has 25 heavy (non-hydrogen) atoms. The van der Waals surface area contributed by atoms with Gasteiger partial charge in [0.05, 0.1) is 17.2 Å². The van der Waals surface area contributed by atoms with Crippen LogP contribution in [0.5, 0.6) is 5.75 Å². The van der Waals surface area contributed by atoms with Crippen LogP contribution in [0.1, 0.15) is 6.92 Å². The molecular weight excluding hydrogens is 357 g/mol. The fourth-order valence-corrected chi connectivity index (χ4v) is 2.89. The molecule has 0 aliphatic heterocycles. The predicted molar refractivity (Wildman–Crippen MR) is 88.4 cm³/mol. The Morgan fingerprint density at radius 2 is 1.68 bits per heavy atom. The van der Waals surface area contributed by atoms with Crippen LogP contribution in [-0.2, 0) is 10.0 Å². The molecule has 0 atom stereocenters. The lowest BCUT2D eigenvalue weighted by Crippen LogP contribution is -2.31. The summed E-state index contributed by atoms with van der Waals surface area (Å²) in [6, 6.07) is 12.5. The van der Waals surface area contributed by atoms with Gasteiger partial charge in [-0.1, -0.05) is 30.3 Å². The van der Waals surface area contributed by atoms with Crippen LogP contribution in [0.25, 0.3) is 0 Å². The molecule has 0 heterocycles. The molecule has 5 nitrogen and oxygen atoms in total. The van der Waals surface area contributed by atoms with Crippen molar-refractivity contribution in [3.63, 3.8) is 0 Å². The maximum absolute atomic E-state index is 13.3. The summed E-state index contributed by atoms with van der Waals surface area (Å²) in [6.07, 6.45) is -5.00. The van der Waals surface area contributed by atoms with E-state index in [9.17, 15) is 21.6 Å². The first-order valence-electron chi connectivity index (χ1n) is 7.20. The molecule has 0 radical (unpaired) electrons. The standard InChI is InChI=1S/C16H15F3N2O3S/c1-2-24-14-11-7-6-10-13(14)20-15(16(17,18)19)21-25(22,23)12-8-4-3-5-9-12/h3-11H,2H2,1H3,(H,20,21). The summed E-state index contributed by atoms with van der Waals surface area (Å²) in [4.78, 5) is -0.336. The lowest BCUT2D eigenvalue weighted by Gasteiger charge is -2.15. The first kappa shape index (κ1) is 18.8. The highest BCUT2D eigenvalue weighted by molar-refractivity contribution is 7.90. The number of amidine groups is 1. The lowest BCUT2D eigenvalue weighted by atomic mass is 10.3. The molecule has 2 aromatic rings. The summed E-state index contributed by atoms with van der Waals surface area (Å²) in [5.41, 5.74) is -0.0383. The number of rotatable bonds is 5. The van der Waals surface area contributed by atoms with Gasteiger partial charge in [-0.3, -0.25) is 0 Å². The minimum Gasteiger partial charge on any atom is -0.492 e. The molecule has 0 unspecified atom stereocenters. The highest BCUT2D eigenvalue weighted by Crippen LogP contribution is 2.28. The van der Waals surface area contributed by atoms with Gasteiger partial charge in [-0.2, -0.15) is 21.6 Å². The topological polar surface area (TPSA) is 67.8 Å². The number of anilines is 1. The Balaban J connectivity index is 2.45. The maximum Gasteiger partial charge on any atom is 0.450 e. The van der Waals surface area contributed by atoms with Crippen LogP contribution >= 0.6 is 0 Å². The minimum atomic E-state index is -5.00. The molecule has 2 rings (SSSR count). The third-order valence-electron chi connectivity index (χ3n) is 2.96. The Labute approximate surface area is 143 Å². The van der Waals surface area contributed by atoms with Gasteiger partial charge in [-0.05, 0) is 31.2 Å². The first-order valence-corrected chi connectivity index (χ1v) is 8.64. The number of sulfonamides is 1. The highest BCUT2D eigenvalue weighted by atomic mass is 32.2. The molecule has 1 N–H and O–H groups in total. The second-order valence-corrected chi connectivity index (χ2v) is 6.38. The Morgan fingerprint density at radius 1 is 1.08 bits per heavy atom. The highest BCUT2D eigenvalue weighted by Gasteiger charge is 2.38. The van der Waals surface area contributed by atoms with Crippen molar-refractivity contribution in [2.75, 3.05) is 11.9 Å². The van der Waals surface area contributed by atoms with E-state index in [-0.39, 0.29) is 22.9 Å². The zero-order valence-corrected chi connectivity index (χ0v) is 13.9. The second kappa shape index (κ2) is 7.56. The molecule has 0 saturated carbocycles. The van der Waals surface area contributed by atoms with E-state index in [1.54, 1.807) is 19.1 Å². The molecule has 134 valence electrons. The van der Waals surface area contributed by atoms with E-state index in [1.807, 2.05) is 5.32 Å². The smallest absolute Gasteiger partial charge is 0.450 e. The monoisotopic (exact) mass is 372 g/mol. The molecule has 0 spiro atoms. The number of halogens is 3. The van der Waals surface area contributed by atoms with E-state index in [2.05, 4.69) is 4.40 Å². The fraction of sp³-hybridized carbons (Fsp3) is 0.188. The van der Waals surface area contributed by atoms with Crippen molar-refractivity contribution < 1.29 is 26.3 Å². The van der Waals surface area contributed by atoms with Gasteiger partial charge in [-0.15, -0.1) is 4.40 Å². The molecule has 0 saturated heterocycles. The number of nitrogens with one attached hydrogen (secondary N) is 1. The molecule has 0 fully saturated rings. The van der Waals surface area contributed by atoms with Crippen LogP contribution in [0, 0.1) is 0 Å². The number of nitrogens with zero attached hydrogens (tertiary/aromatic N) is 1. The Hall–Kier alpha value is -2.55. The first-order chi connectivity index (χ1) is 11.7. The van der Waals surface area contributed by atoms with Crippen LogP contribution < -0.4 is 10.1 Å². The van der Waals surface area contributed by atoms with E-state index in [4.69, 9.17) is 4.74 Å². The second-order valence-electron chi connectivity index (χ2n) is 4.78. The van der Waals surface area contributed by atoms with Crippen molar-refractivity contribution in [3.8, 4) is 5.75 Å². The van der Waals surface area contributed by atoms with Crippen molar-refractivity contribution in [2.24, 2.45) is 4.40 Å². The number of alkyl halides is 3. The van der Waals surface area contributed by atoms with E-state index >= 15 is 0 Å². The minimum absolute atomic E-state index is 0.0383. The van der Waals surface area contributed by atoms with Gasteiger partial charge in [0, 0.05) is 0 Å². The van der Waals surface area contributed by atoms with Crippen LogP contribution in [0.2, 0.25) is 0 Å². The fourth-order valence-electron chi connectivity index (χ4n) is 1.89. The van der Waals surface area contributed by atoms with Crippen LogP contribution in [0.4, 0.5) is 18.9 Å². The summed E-state index contributed by atoms with van der Waals surface area (Å²) >= 11 is 0. The molecule has 0 aliphatic carbocycles. The molecule has 0 aromatic heterocycles. The summed E-state index contributed by atoms with van der Waals surface area (Å²) in [7, 11) is -4.52. The average molecular weight is 372 g/mol. The van der Waals surface area contributed by atoms with Gasteiger partial charge in [-0.25, -0.2) is 0 Å². The van der Waals surface area contributed by atoms with Crippen molar-refractivity contribution >= 4 is 21.5 Å². The largest absolute Gasteiger partial charge is 0.492 e. The van der Waals surface area contributed by atoms with E-state index in [1.165, 1.54) is 42.5 Å². The Kier molecular flexibility index (Phi) is 5.68. The predicted octanol–water partition coefficient (Wildman–Crippen LogP) is 3.85. The number of para-hydroxylation sites is 2. The van der Waals surface area contributed by atoms with Crippen molar-refractivity contribution in [2.45, 2.75) is 18.0 Å². The lowest BCUT2D eigenvalue weighted by molar-refractivity contribution is -0.0585. The quantitative estimate of drug-likeness (QED) is 0.640. The maximum atomic E-state index is 13.3. The third-order valence-corrected chi connectivity index (χ3v) is 4.25. The van der Waals surface area contributed by atoms with E-state index < -0.39 is 22.0 Å². The number of ether oxygens (including phenoxy) is 1. The van der Waals surface area contributed by atoms with Crippen LogP contribution in [-0.4, -0.2) is 27.0 Å². The number of hydrogen-bond acceptors (Lipinski definition) is 3. The SMILES string of the molecule is CCOc1ccccc1NC(=NS(=O)(=O)c1ccccc1)C(F)(F)F. The van der Waals surface area contributed by atoms with Gasteiger partial charge < -0.3 is 10.1 Å². The Morgan fingerprint density at radius 3 is 2.28 bits per heavy atom. The summed E-state index contributed by atoms with van der Waals surface area (Å²) < 4.78 is 72.2. The molecule has 0 aliphatic rings. The van der Waals surface area contributed by atoms with Crippen molar-refractivity contribution in [3.05, 3.63) is 54.6 Å². The molecular formula is C16H15F3N2O3S.